The fourth-order valence-electron chi connectivity index (χ4n) is 3.11. The lowest BCUT2D eigenvalue weighted by Gasteiger charge is -2.34. The molecule has 1 atom stereocenters. The summed E-state index contributed by atoms with van der Waals surface area (Å²) in [6.07, 6.45) is 0. The molecule has 28 heavy (non-hydrogen) atoms. The minimum Gasteiger partial charge on any atom is -0.497 e. The van der Waals surface area contributed by atoms with E-state index in [-0.39, 0.29) is 35.8 Å². The first-order valence-corrected chi connectivity index (χ1v) is 8.94. The van der Waals surface area contributed by atoms with Gasteiger partial charge in [0.2, 0.25) is 0 Å². The fraction of sp³-hybridized carbons (Fsp3) is 0.350. The Morgan fingerprint density at radius 3 is 2.71 bits per heavy atom. The van der Waals surface area contributed by atoms with Crippen molar-refractivity contribution in [3.63, 3.8) is 0 Å². The first kappa shape index (κ1) is 22.4. The molecule has 1 aliphatic heterocycles. The molecule has 0 radical (unpaired) electrons. The molecule has 0 bridgehead atoms. The number of methoxy groups -OCH3 is 1. The lowest BCUT2D eigenvalue weighted by atomic mass is 10.0. The molecule has 1 aliphatic rings. The quantitative estimate of drug-likeness (QED) is 0.362. The number of nitrogens with one attached hydrogen (secondary N) is 1. The second kappa shape index (κ2) is 11.2. The Kier molecular flexibility index (Phi) is 8.94. The van der Waals surface area contributed by atoms with Crippen LogP contribution in [0.25, 0.3) is 0 Å². The van der Waals surface area contributed by atoms with Gasteiger partial charge in [-0.15, -0.1) is 24.0 Å². The van der Waals surface area contributed by atoms with Crippen molar-refractivity contribution in [1.29, 1.82) is 0 Å². The molecule has 3 N–H and O–H groups in total. The summed E-state index contributed by atoms with van der Waals surface area (Å²) in [6, 6.07) is 14.0. The summed E-state index contributed by atoms with van der Waals surface area (Å²) in [7, 11) is 1.61. The number of nitrogens with two attached hydrogens (primary N) is 1. The predicted octanol–water partition coefficient (Wildman–Crippen LogP) is 3.25. The molecular formula is C20H26FIN4O2. The molecule has 0 saturated carbocycles. The maximum atomic E-state index is 13.7. The first-order chi connectivity index (χ1) is 13.2. The number of hydrogen-bond acceptors (Lipinski definition) is 4. The van der Waals surface area contributed by atoms with Crippen molar-refractivity contribution in [2.45, 2.75) is 6.04 Å². The number of hydrogen-bond donors (Lipinski definition) is 2. The second-order valence-electron chi connectivity index (χ2n) is 6.30. The third-order valence-corrected chi connectivity index (χ3v) is 4.50. The van der Waals surface area contributed by atoms with E-state index >= 15 is 0 Å². The van der Waals surface area contributed by atoms with Crippen LogP contribution in [0.4, 0.5) is 10.1 Å². The number of ether oxygens (including phenoxy) is 2. The molecule has 1 unspecified atom stereocenters. The van der Waals surface area contributed by atoms with Crippen molar-refractivity contribution in [2.24, 2.45) is 10.7 Å². The van der Waals surface area contributed by atoms with Gasteiger partial charge >= 0.3 is 0 Å². The summed E-state index contributed by atoms with van der Waals surface area (Å²) in [5.74, 6) is 0.786. The number of aliphatic imine (C=N–C) groups is 1. The number of halogens is 2. The van der Waals surface area contributed by atoms with Gasteiger partial charge in [0.1, 0.15) is 11.6 Å². The van der Waals surface area contributed by atoms with Crippen molar-refractivity contribution in [1.82, 2.24) is 4.90 Å². The van der Waals surface area contributed by atoms with Crippen LogP contribution < -0.4 is 15.8 Å². The largest absolute Gasteiger partial charge is 0.497 e. The smallest absolute Gasteiger partial charge is 0.193 e. The molecule has 6 nitrogen and oxygen atoms in total. The van der Waals surface area contributed by atoms with Gasteiger partial charge in [0.25, 0.3) is 0 Å². The molecule has 2 aromatic rings. The third-order valence-electron chi connectivity index (χ3n) is 4.50. The summed E-state index contributed by atoms with van der Waals surface area (Å²) in [5, 5.41) is 3.07. The van der Waals surface area contributed by atoms with Crippen LogP contribution in [0.1, 0.15) is 11.6 Å². The lowest BCUT2D eigenvalue weighted by molar-refractivity contribution is 0.0179. The van der Waals surface area contributed by atoms with Gasteiger partial charge in [0, 0.05) is 24.8 Å². The van der Waals surface area contributed by atoms with Crippen molar-refractivity contribution in [2.75, 3.05) is 45.3 Å². The minimum absolute atomic E-state index is 0. The minimum atomic E-state index is -0.253. The van der Waals surface area contributed by atoms with Crippen LogP contribution in [0, 0.1) is 5.82 Å². The van der Waals surface area contributed by atoms with Crippen LogP contribution >= 0.6 is 24.0 Å². The number of anilines is 1. The summed E-state index contributed by atoms with van der Waals surface area (Å²) in [6.45, 7) is 3.30. The van der Waals surface area contributed by atoms with Crippen LogP contribution in [-0.4, -0.2) is 50.8 Å². The summed E-state index contributed by atoms with van der Waals surface area (Å²) < 4.78 is 24.4. The number of nitrogens with zero attached hydrogens (tertiary/aromatic N) is 2. The number of guanidine groups is 1. The molecule has 0 aliphatic carbocycles. The van der Waals surface area contributed by atoms with E-state index in [9.17, 15) is 4.39 Å². The van der Waals surface area contributed by atoms with E-state index in [0.29, 0.717) is 25.7 Å². The molecule has 1 heterocycles. The van der Waals surface area contributed by atoms with Crippen molar-refractivity contribution < 1.29 is 13.9 Å². The monoisotopic (exact) mass is 500 g/mol. The Morgan fingerprint density at radius 2 is 2.00 bits per heavy atom. The van der Waals surface area contributed by atoms with Crippen LogP contribution in [-0.2, 0) is 4.74 Å². The van der Waals surface area contributed by atoms with Gasteiger partial charge in [-0.1, -0.05) is 18.2 Å². The van der Waals surface area contributed by atoms with E-state index in [1.54, 1.807) is 19.2 Å². The second-order valence-corrected chi connectivity index (χ2v) is 6.30. The van der Waals surface area contributed by atoms with Crippen molar-refractivity contribution >= 4 is 35.6 Å². The Labute approximate surface area is 181 Å². The molecule has 0 amide bonds. The number of rotatable bonds is 6. The normalized spacial score (nSPS) is 16.1. The Hall–Kier alpha value is -1.91. The maximum Gasteiger partial charge on any atom is 0.193 e. The molecule has 2 aromatic carbocycles. The molecule has 1 saturated heterocycles. The topological polar surface area (TPSA) is 72.1 Å². The summed E-state index contributed by atoms with van der Waals surface area (Å²) in [4.78, 5) is 6.74. The molecule has 8 heteroatoms. The van der Waals surface area contributed by atoms with E-state index in [1.807, 2.05) is 30.3 Å². The average molecular weight is 500 g/mol. The van der Waals surface area contributed by atoms with Gasteiger partial charge in [-0.3, -0.25) is 9.89 Å². The number of benzene rings is 2. The van der Waals surface area contributed by atoms with E-state index in [0.717, 1.165) is 30.1 Å². The van der Waals surface area contributed by atoms with E-state index in [2.05, 4.69) is 15.2 Å². The van der Waals surface area contributed by atoms with Gasteiger partial charge in [0.05, 0.1) is 32.9 Å². The van der Waals surface area contributed by atoms with Crippen molar-refractivity contribution in [3.8, 4) is 5.75 Å². The standard InChI is InChI=1S/C20H25FN4O2.HI/c1-26-18-7-3-6-17(13-18)24-20(22)23-14-19(25-8-10-27-11-9-25)15-4-2-5-16(21)12-15;/h2-7,12-13,19H,8-11,14H2,1H3,(H3,22,23,24);1H. The fourth-order valence-corrected chi connectivity index (χ4v) is 3.11. The molecular weight excluding hydrogens is 474 g/mol. The van der Waals surface area contributed by atoms with Crippen molar-refractivity contribution in [3.05, 3.63) is 59.9 Å². The Balaban J connectivity index is 0.00000280. The summed E-state index contributed by atoms with van der Waals surface area (Å²) in [5.41, 5.74) is 7.74. The molecule has 152 valence electrons. The lowest BCUT2D eigenvalue weighted by Crippen LogP contribution is -2.40. The highest BCUT2D eigenvalue weighted by Crippen LogP contribution is 2.23. The van der Waals surface area contributed by atoms with Gasteiger partial charge < -0.3 is 20.5 Å². The highest BCUT2D eigenvalue weighted by molar-refractivity contribution is 14.0. The van der Waals surface area contributed by atoms with E-state index in [4.69, 9.17) is 15.2 Å². The third kappa shape index (κ3) is 6.32. The summed E-state index contributed by atoms with van der Waals surface area (Å²) >= 11 is 0. The first-order valence-electron chi connectivity index (χ1n) is 8.94. The van der Waals surface area contributed by atoms with Gasteiger partial charge in [0.15, 0.2) is 5.96 Å². The van der Waals surface area contributed by atoms with Crippen LogP contribution in [0.15, 0.2) is 53.5 Å². The zero-order valence-electron chi connectivity index (χ0n) is 15.8. The molecule has 3 rings (SSSR count). The molecule has 0 aromatic heterocycles. The highest BCUT2D eigenvalue weighted by Gasteiger charge is 2.22. The zero-order valence-corrected chi connectivity index (χ0v) is 18.1. The Morgan fingerprint density at radius 1 is 1.25 bits per heavy atom. The highest BCUT2D eigenvalue weighted by atomic mass is 127. The molecule has 1 fully saturated rings. The van der Waals surface area contributed by atoms with E-state index in [1.165, 1.54) is 6.07 Å². The van der Waals surface area contributed by atoms with E-state index < -0.39 is 0 Å². The van der Waals surface area contributed by atoms with Gasteiger partial charge in [-0.2, -0.15) is 0 Å². The number of morpholine rings is 1. The average Bonchev–Trinajstić information content (AvgIpc) is 2.69. The zero-order chi connectivity index (χ0) is 19.1. The Bertz CT molecular complexity index is 784. The maximum absolute atomic E-state index is 13.7. The van der Waals surface area contributed by atoms with Gasteiger partial charge in [-0.05, 0) is 29.8 Å². The van der Waals surface area contributed by atoms with Crippen LogP contribution in [0.3, 0.4) is 0 Å². The van der Waals surface area contributed by atoms with Gasteiger partial charge in [-0.25, -0.2) is 4.39 Å². The van der Waals surface area contributed by atoms with Crippen LogP contribution in [0.2, 0.25) is 0 Å². The SMILES string of the molecule is COc1cccc(NC(N)=NCC(c2cccc(F)c2)N2CCOCC2)c1.I. The molecule has 0 spiro atoms. The van der Waals surface area contributed by atoms with Crippen LogP contribution in [0.5, 0.6) is 5.75 Å². The predicted molar refractivity (Wildman–Crippen MR) is 120 cm³/mol.